The normalized spacial score (nSPS) is 18.2. The van der Waals surface area contributed by atoms with E-state index in [-0.39, 0.29) is 12.7 Å². The fourth-order valence-corrected chi connectivity index (χ4v) is 3.27. The molecule has 3 rings (SSSR count). The summed E-state index contributed by atoms with van der Waals surface area (Å²) in [6.07, 6.45) is 2.93. The van der Waals surface area contributed by atoms with Gasteiger partial charge in [-0.25, -0.2) is 0 Å². The molecule has 2 heterocycles. The van der Waals surface area contributed by atoms with Gasteiger partial charge in [-0.15, -0.1) is 0 Å². The topological polar surface area (TPSA) is 68.8 Å². The Morgan fingerprint density at radius 1 is 1.33 bits per heavy atom. The highest BCUT2D eigenvalue weighted by Gasteiger charge is 2.21. The molecule has 6 nitrogen and oxygen atoms in total. The third-order valence-electron chi connectivity index (χ3n) is 4.73. The van der Waals surface area contributed by atoms with Gasteiger partial charge in [-0.2, -0.15) is 0 Å². The first kappa shape index (κ1) is 16.9. The number of fused-ring (bicyclic) bond motifs is 1. The van der Waals surface area contributed by atoms with Gasteiger partial charge in [0, 0.05) is 12.5 Å². The monoisotopic (exact) mass is 334 g/mol. The third kappa shape index (κ3) is 4.54. The van der Waals surface area contributed by atoms with Crippen LogP contribution in [0.15, 0.2) is 18.2 Å². The number of piperidine rings is 1. The Bertz CT molecular complexity index is 558. The second kappa shape index (κ2) is 8.24. The Balaban J connectivity index is 1.33. The molecule has 6 heteroatoms. The summed E-state index contributed by atoms with van der Waals surface area (Å²) >= 11 is 0. The van der Waals surface area contributed by atoms with Crippen molar-refractivity contribution in [2.24, 2.45) is 11.8 Å². The van der Waals surface area contributed by atoms with Crippen molar-refractivity contribution in [1.82, 2.24) is 10.6 Å². The van der Waals surface area contributed by atoms with Gasteiger partial charge >= 0.3 is 0 Å². The minimum Gasteiger partial charge on any atom is -0.492 e. The summed E-state index contributed by atoms with van der Waals surface area (Å²) in [4.78, 5) is 12.0. The van der Waals surface area contributed by atoms with Crippen molar-refractivity contribution >= 4 is 5.91 Å². The van der Waals surface area contributed by atoms with Crippen molar-refractivity contribution in [2.45, 2.75) is 26.2 Å². The molecule has 0 aliphatic carbocycles. The van der Waals surface area contributed by atoms with Crippen LogP contribution in [0, 0.1) is 11.8 Å². The van der Waals surface area contributed by atoms with E-state index in [1.165, 1.54) is 12.8 Å². The summed E-state index contributed by atoms with van der Waals surface area (Å²) in [5, 5.41) is 6.30. The van der Waals surface area contributed by atoms with E-state index < -0.39 is 0 Å². The first-order valence-electron chi connectivity index (χ1n) is 8.72. The molecule has 2 aliphatic heterocycles. The first-order chi connectivity index (χ1) is 11.7. The SMILES string of the molecule is CC(CC(=O)NCCOc1ccc2c(c1)OCO2)C1CCNCC1. The summed E-state index contributed by atoms with van der Waals surface area (Å²) < 4.78 is 16.2. The maximum atomic E-state index is 12.0. The lowest BCUT2D eigenvalue weighted by molar-refractivity contribution is -0.122. The Kier molecular flexibility index (Phi) is 5.80. The van der Waals surface area contributed by atoms with Gasteiger partial charge in [0.2, 0.25) is 12.7 Å². The predicted molar refractivity (Wildman–Crippen MR) is 90.4 cm³/mol. The lowest BCUT2D eigenvalue weighted by Crippen LogP contribution is -2.34. The van der Waals surface area contributed by atoms with Crippen LogP contribution in [0.3, 0.4) is 0 Å². The van der Waals surface area contributed by atoms with Crippen LogP contribution < -0.4 is 24.8 Å². The van der Waals surface area contributed by atoms with Gasteiger partial charge in [0.25, 0.3) is 0 Å². The van der Waals surface area contributed by atoms with Crippen LogP contribution in [0.25, 0.3) is 0 Å². The van der Waals surface area contributed by atoms with Gasteiger partial charge in [0.15, 0.2) is 11.5 Å². The Labute approximate surface area is 142 Å². The zero-order valence-corrected chi connectivity index (χ0v) is 14.2. The summed E-state index contributed by atoms with van der Waals surface area (Å²) in [5.41, 5.74) is 0. The minimum absolute atomic E-state index is 0.107. The number of carbonyl (C=O) groups excluding carboxylic acids is 1. The molecule has 1 saturated heterocycles. The molecule has 1 unspecified atom stereocenters. The number of nitrogens with one attached hydrogen (secondary N) is 2. The van der Waals surface area contributed by atoms with Crippen LogP contribution in [-0.2, 0) is 4.79 Å². The Hall–Kier alpha value is -1.95. The standard InChI is InChI=1S/C18H26N2O4/c1-13(14-4-6-19-7-5-14)10-18(21)20-8-9-22-15-2-3-16-17(11-15)24-12-23-16/h2-3,11,13-14,19H,4-10,12H2,1H3,(H,20,21). The molecular weight excluding hydrogens is 308 g/mol. The number of hydrogen-bond donors (Lipinski definition) is 2. The van der Waals surface area contributed by atoms with Crippen LogP contribution in [-0.4, -0.2) is 38.9 Å². The van der Waals surface area contributed by atoms with Crippen LogP contribution in [0.4, 0.5) is 0 Å². The van der Waals surface area contributed by atoms with E-state index >= 15 is 0 Å². The van der Waals surface area contributed by atoms with E-state index in [0.29, 0.717) is 37.2 Å². The van der Waals surface area contributed by atoms with Crippen LogP contribution in [0.5, 0.6) is 17.2 Å². The highest BCUT2D eigenvalue weighted by molar-refractivity contribution is 5.76. The average Bonchev–Trinajstić information content (AvgIpc) is 3.07. The number of carbonyl (C=O) groups is 1. The molecule has 1 fully saturated rings. The van der Waals surface area contributed by atoms with Crippen molar-refractivity contribution in [3.05, 3.63) is 18.2 Å². The van der Waals surface area contributed by atoms with Crippen molar-refractivity contribution < 1.29 is 19.0 Å². The van der Waals surface area contributed by atoms with Crippen molar-refractivity contribution in [2.75, 3.05) is 33.0 Å². The number of benzene rings is 1. The van der Waals surface area contributed by atoms with E-state index in [1.807, 2.05) is 18.2 Å². The fourth-order valence-electron chi connectivity index (χ4n) is 3.27. The predicted octanol–water partition coefficient (Wildman–Crippen LogP) is 1.94. The number of hydrogen-bond acceptors (Lipinski definition) is 5. The zero-order valence-electron chi connectivity index (χ0n) is 14.2. The molecule has 1 aromatic carbocycles. The molecule has 1 amide bonds. The largest absolute Gasteiger partial charge is 0.492 e. The average molecular weight is 334 g/mol. The van der Waals surface area contributed by atoms with Crippen molar-refractivity contribution in [1.29, 1.82) is 0 Å². The first-order valence-corrected chi connectivity index (χ1v) is 8.72. The molecule has 0 radical (unpaired) electrons. The number of amides is 1. The molecule has 0 saturated carbocycles. The van der Waals surface area contributed by atoms with E-state index in [4.69, 9.17) is 14.2 Å². The lowest BCUT2D eigenvalue weighted by Gasteiger charge is -2.27. The maximum Gasteiger partial charge on any atom is 0.231 e. The second-order valence-electron chi connectivity index (χ2n) is 6.48. The van der Waals surface area contributed by atoms with Crippen molar-refractivity contribution in [3.63, 3.8) is 0 Å². The molecule has 2 N–H and O–H groups in total. The molecule has 0 spiro atoms. The minimum atomic E-state index is 0.107. The molecular formula is C18H26N2O4. The van der Waals surface area contributed by atoms with Gasteiger partial charge in [-0.3, -0.25) is 4.79 Å². The summed E-state index contributed by atoms with van der Waals surface area (Å²) in [5.74, 6) is 3.35. The third-order valence-corrected chi connectivity index (χ3v) is 4.73. The molecule has 2 aliphatic rings. The highest BCUT2D eigenvalue weighted by atomic mass is 16.7. The summed E-state index contributed by atoms with van der Waals surface area (Å²) in [7, 11) is 0. The molecule has 132 valence electrons. The smallest absolute Gasteiger partial charge is 0.231 e. The lowest BCUT2D eigenvalue weighted by atomic mass is 9.84. The van der Waals surface area contributed by atoms with Gasteiger partial charge in [-0.05, 0) is 49.9 Å². The maximum absolute atomic E-state index is 12.0. The van der Waals surface area contributed by atoms with Gasteiger partial charge in [-0.1, -0.05) is 6.92 Å². The number of ether oxygens (including phenoxy) is 3. The molecule has 1 atom stereocenters. The fraction of sp³-hybridized carbons (Fsp3) is 0.611. The number of rotatable bonds is 7. The Morgan fingerprint density at radius 3 is 2.96 bits per heavy atom. The Morgan fingerprint density at radius 2 is 2.12 bits per heavy atom. The van der Waals surface area contributed by atoms with E-state index in [0.717, 1.165) is 24.6 Å². The molecule has 0 bridgehead atoms. The zero-order chi connectivity index (χ0) is 16.8. The highest BCUT2D eigenvalue weighted by Crippen LogP contribution is 2.35. The van der Waals surface area contributed by atoms with Crippen LogP contribution >= 0.6 is 0 Å². The summed E-state index contributed by atoms with van der Waals surface area (Å²) in [6, 6.07) is 5.48. The second-order valence-corrected chi connectivity index (χ2v) is 6.48. The van der Waals surface area contributed by atoms with E-state index in [2.05, 4.69) is 17.6 Å². The van der Waals surface area contributed by atoms with E-state index in [9.17, 15) is 4.79 Å². The quantitative estimate of drug-likeness (QED) is 0.746. The van der Waals surface area contributed by atoms with Gasteiger partial charge in [0.1, 0.15) is 12.4 Å². The van der Waals surface area contributed by atoms with Crippen molar-refractivity contribution in [3.8, 4) is 17.2 Å². The molecule has 0 aromatic heterocycles. The molecule has 24 heavy (non-hydrogen) atoms. The summed E-state index contributed by atoms with van der Waals surface area (Å²) in [6.45, 7) is 5.52. The van der Waals surface area contributed by atoms with Gasteiger partial charge in [0.05, 0.1) is 6.54 Å². The van der Waals surface area contributed by atoms with Crippen LogP contribution in [0.1, 0.15) is 26.2 Å². The van der Waals surface area contributed by atoms with E-state index in [1.54, 1.807) is 0 Å². The van der Waals surface area contributed by atoms with Gasteiger partial charge < -0.3 is 24.8 Å². The molecule has 1 aromatic rings. The van der Waals surface area contributed by atoms with Crippen LogP contribution in [0.2, 0.25) is 0 Å².